The molecule has 0 aliphatic carbocycles. The Morgan fingerprint density at radius 2 is 1.94 bits per heavy atom. The second-order valence-corrected chi connectivity index (χ2v) is 3.94. The lowest BCUT2D eigenvalue weighted by Crippen LogP contribution is -2.32. The topological polar surface area (TPSA) is 49.8 Å². The van der Waals surface area contributed by atoms with Gasteiger partial charge in [0.2, 0.25) is 0 Å². The third-order valence-electron chi connectivity index (χ3n) is 2.21. The summed E-state index contributed by atoms with van der Waals surface area (Å²) in [7, 11) is 1.55. The monoisotopic (exact) mass is 259 g/mol. The van der Waals surface area contributed by atoms with Crippen LogP contribution >= 0.6 is 0 Å². The van der Waals surface area contributed by atoms with Crippen LogP contribution in [-0.2, 0) is 0 Å². The predicted molar refractivity (Wildman–Crippen MR) is 61.7 cm³/mol. The first kappa shape index (κ1) is 14.4. The number of rotatable bonds is 5. The van der Waals surface area contributed by atoms with E-state index < -0.39 is 12.7 Å². The smallest absolute Gasteiger partial charge is 0.387 e. The van der Waals surface area contributed by atoms with Crippen LogP contribution in [0.15, 0.2) is 24.3 Å². The minimum atomic E-state index is -2.88. The second-order valence-electron chi connectivity index (χ2n) is 3.94. The first-order valence-electron chi connectivity index (χ1n) is 5.38. The van der Waals surface area contributed by atoms with Crippen LogP contribution in [0.5, 0.6) is 5.75 Å². The number of carbonyl (C=O) groups excluding carboxylic acids is 1. The number of aliphatic hydroxyl groups is 1. The Labute approximate surface area is 104 Å². The zero-order valence-electron chi connectivity index (χ0n) is 10.1. The highest BCUT2D eigenvalue weighted by Gasteiger charge is 2.13. The molecule has 1 unspecified atom stereocenters. The molecule has 0 aromatic heterocycles. The predicted octanol–water partition coefficient (Wildman–Crippen LogP) is 1.74. The fraction of sp³-hybridized carbons (Fsp3) is 0.417. The first-order chi connectivity index (χ1) is 8.40. The number of carbonyl (C=O) groups is 1. The van der Waals surface area contributed by atoms with Crippen LogP contribution in [-0.4, -0.2) is 42.2 Å². The van der Waals surface area contributed by atoms with Gasteiger partial charge < -0.3 is 14.7 Å². The van der Waals surface area contributed by atoms with Gasteiger partial charge in [0, 0.05) is 19.2 Å². The molecule has 0 aliphatic rings. The van der Waals surface area contributed by atoms with E-state index in [2.05, 4.69) is 4.74 Å². The molecular formula is C12H15F2NO3. The van der Waals surface area contributed by atoms with Gasteiger partial charge in [0.1, 0.15) is 5.75 Å². The molecule has 0 heterocycles. The molecule has 0 saturated carbocycles. The highest BCUT2D eigenvalue weighted by molar-refractivity contribution is 5.94. The van der Waals surface area contributed by atoms with Crippen molar-refractivity contribution in [2.24, 2.45) is 0 Å². The molecule has 1 aromatic rings. The minimum absolute atomic E-state index is 0.000251. The molecule has 0 fully saturated rings. The molecule has 100 valence electrons. The van der Waals surface area contributed by atoms with E-state index in [1.165, 1.54) is 29.2 Å². The van der Waals surface area contributed by atoms with Gasteiger partial charge in [0.05, 0.1) is 6.10 Å². The van der Waals surface area contributed by atoms with Gasteiger partial charge in [-0.1, -0.05) is 0 Å². The van der Waals surface area contributed by atoms with Crippen LogP contribution in [0.2, 0.25) is 0 Å². The molecule has 18 heavy (non-hydrogen) atoms. The Bertz CT molecular complexity index is 393. The number of hydrogen-bond acceptors (Lipinski definition) is 3. The average molecular weight is 259 g/mol. The van der Waals surface area contributed by atoms with Gasteiger partial charge in [-0.15, -0.1) is 0 Å². The SMILES string of the molecule is CC(O)CN(C)C(=O)c1ccc(OC(F)F)cc1. The number of benzene rings is 1. The van der Waals surface area contributed by atoms with Crippen molar-refractivity contribution in [1.29, 1.82) is 0 Å². The molecule has 0 saturated heterocycles. The summed E-state index contributed by atoms with van der Waals surface area (Å²) in [5, 5.41) is 9.16. The third-order valence-corrected chi connectivity index (χ3v) is 2.21. The number of alkyl halides is 2. The maximum Gasteiger partial charge on any atom is 0.387 e. The Hall–Kier alpha value is -1.69. The Morgan fingerprint density at radius 1 is 1.39 bits per heavy atom. The van der Waals surface area contributed by atoms with E-state index in [-0.39, 0.29) is 18.2 Å². The normalized spacial score (nSPS) is 12.3. The van der Waals surface area contributed by atoms with Crippen LogP contribution in [0.4, 0.5) is 8.78 Å². The molecule has 0 spiro atoms. The number of amides is 1. The van der Waals surface area contributed by atoms with Gasteiger partial charge in [-0.05, 0) is 31.2 Å². The van der Waals surface area contributed by atoms with Gasteiger partial charge in [0.25, 0.3) is 5.91 Å². The lowest BCUT2D eigenvalue weighted by atomic mass is 10.2. The van der Waals surface area contributed by atoms with E-state index in [0.29, 0.717) is 5.56 Å². The minimum Gasteiger partial charge on any atom is -0.435 e. The number of likely N-dealkylation sites (N-methyl/N-ethyl adjacent to an activating group) is 1. The summed E-state index contributed by atoms with van der Waals surface area (Å²) in [5.74, 6) is -0.292. The number of ether oxygens (including phenoxy) is 1. The number of halogens is 2. The highest BCUT2D eigenvalue weighted by atomic mass is 19.3. The molecule has 6 heteroatoms. The van der Waals surface area contributed by atoms with Crippen molar-refractivity contribution in [2.75, 3.05) is 13.6 Å². The third kappa shape index (κ3) is 4.29. The van der Waals surface area contributed by atoms with Crippen molar-refractivity contribution in [3.05, 3.63) is 29.8 Å². The summed E-state index contributed by atoms with van der Waals surface area (Å²) in [6.07, 6.45) is -0.625. The molecular weight excluding hydrogens is 244 g/mol. The molecule has 0 aliphatic heterocycles. The van der Waals surface area contributed by atoms with E-state index in [1.807, 2.05) is 0 Å². The fourth-order valence-electron chi connectivity index (χ4n) is 1.48. The van der Waals surface area contributed by atoms with Gasteiger partial charge in [0.15, 0.2) is 0 Å². The number of nitrogens with zero attached hydrogens (tertiary/aromatic N) is 1. The van der Waals surface area contributed by atoms with Crippen molar-refractivity contribution in [3.63, 3.8) is 0 Å². The molecule has 4 nitrogen and oxygen atoms in total. The number of aliphatic hydroxyl groups excluding tert-OH is 1. The Morgan fingerprint density at radius 3 is 2.39 bits per heavy atom. The van der Waals surface area contributed by atoms with Crippen molar-refractivity contribution in [3.8, 4) is 5.75 Å². The standard InChI is InChI=1S/C12H15F2NO3/c1-8(16)7-15(2)11(17)9-3-5-10(6-4-9)18-12(13)14/h3-6,8,12,16H,7H2,1-2H3. The van der Waals surface area contributed by atoms with Crippen LogP contribution < -0.4 is 4.74 Å². The van der Waals surface area contributed by atoms with Gasteiger partial charge in [-0.25, -0.2) is 0 Å². The van der Waals surface area contributed by atoms with E-state index in [4.69, 9.17) is 5.11 Å². The van der Waals surface area contributed by atoms with Crippen LogP contribution in [0.25, 0.3) is 0 Å². The summed E-state index contributed by atoms with van der Waals surface area (Å²) in [5.41, 5.74) is 0.347. The largest absolute Gasteiger partial charge is 0.435 e. The van der Waals surface area contributed by atoms with Crippen molar-refractivity contribution in [1.82, 2.24) is 4.90 Å². The second kappa shape index (κ2) is 6.30. The highest BCUT2D eigenvalue weighted by Crippen LogP contribution is 2.15. The average Bonchev–Trinajstić information content (AvgIpc) is 2.27. The quantitative estimate of drug-likeness (QED) is 0.876. The van der Waals surface area contributed by atoms with Crippen molar-refractivity contribution >= 4 is 5.91 Å². The molecule has 1 N–H and O–H groups in total. The fourth-order valence-corrected chi connectivity index (χ4v) is 1.48. The van der Waals surface area contributed by atoms with E-state index in [9.17, 15) is 13.6 Å². The van der Waals surface area contributed by atoms with Crippen LogP contribution in [0.1, 0.15) is 17.3 Å². The number of hydrogen-bond donors (Lipinski definition) is 1. The molecule has 0 bridgehead atoms. The van der Waals surface area contributed by atoms with Crippen molar-refractivity contribution in [2.45, 2.75) is 19.6 Å². The molecule has 1 aromatic carbocycles. The lowest BCUT2D eigenvalue weighted by molar-refractivity contribution is -0.0498. The molecule has 0 radical (unpaired) electrons. The van der Waals surface area contributed by atoms with Crippen LogP contribution in [0.3, 0.4) is 0 Å². The lowest BCUT2D eigenvalue weighted by Gasteiger charge is -2.18. The molecule has 1 amide bonds. The molecule has 1 rings (SSSR count). The van der Waals surface area contributed by atoms with E-state index >= 15 is 0 Å². The van der Waals surface area contributed by atoms with Gasteiger partial charge >= 0.3 is 6.61 Å². The van der Waals surface area contributed by atoms with Gasteiger partial charge in [-0.2, -0.15) is 8.78 Å². The Kier molecular flexibility index (Phi) is 5.03. The summed E-state index contributed by atoms with van der Waals surface area (Å²) in [4.78, 5) is 13.2. The van der Waals surface area contributed by atoms with E-state index in [1.54, 1.807) is 14.0 Å². The summed E-state index contributed by atoms with van der Waals surface area (Å²) in [6, 6.07) is 5.41. The van der Waals surface area contributed by atoms with Crippen molar-refractivity contribution < 1.29 is 23.4 Å². The van der Waals surface area contributed by atoms with Gasteiger partial charge in [-0.3, -0.25) is 4.79 Å². The summed E-state index contributed by atoms with van der Waals surface area (Å²) in [6.45, 7) is -1.11. The first-order valence-corrected chi connectivity index (χ1v) is 5.38. The maximum atomic E-state index is 11.9. The van der Waals surface area contributed by atoms with Crippen LogP contribution in [0, 0.1) is 0 Å². The Balaban J connectivity index is 2.69. The zero-order valence-corrected chi connectivity index (χ0v) is 10.1. The zero-order chi connectivity index (χ0) is 13.7. The molecule has 1 atom stereocenters. The van der Waals surface area contributed by atoms with E-state index in [0.717, 1.165) is 0 Å². The maximum absolute atomic E-state index is 11.9. The summed E-state index contributed by atoms with van der Waals surface area (Å²) >= 11 is 0. The summed E-state index contributed by atoms with van der Waals surface area (Å²) < 4.78 is 28.0.